The maximum atomic E-state index is 6.01. The monoisotopic (exact) mass is 291 g/mol. The van der Waals surface area contributed by atoms with E-state index >= 15 is 0 Å². The molecule has 0 amide bonds. The average molecular weight is 291 g/mol. The second-order valence-corrected chi connectivity index (χ2v) is 8.03. The highest BCUT2D eigenvalue weighted by Gasteiger charge is 2.49. The van der Waals surface area contributed by atoms with Gasteiger partial charge >= 0.3 is 8.80 Å². The Labute approximate surface area is 116 Å². The van der Waals surface area contributed by atoms with Gasteiger partial charge < -0.3 is 13.3 Å². The standard InChI is InChI=1S/C12H25NO3SSi/c1-4-8-14-18(15-9-5-2,16-10-6-3)12-13-7-11-17-12/h4-11H2,1-3H3. The van der Waals surface area contributed by atoms with E-state index < -0.39 is 8.80 Å². The molecule has 106 valence electrons. The molecule has 0 aromatic heterocycles. The number of hydrogen-bond donors (Lipinski definition) is 0. The first-order valence-electron chi connectivity index (χ1n) is 6.88. The third-order valence-corrected chi connectivity index (χ3v) is 6.74. The van der Waals surface area contributed by atoms with E-state index in [0.29, 0.717) is 19.8 Å². The van der Waals surface area contributed by atoms with Crippen LogP contribution in [0.5, 0.6) is 0 Å². The third kappa shape index (κ3) is 4.66. The van der Waals surface area contributed by atoms with Gasteiger partial charge in [0.25, 0.3) is 0 Å². The molecule has 0 radical (unpaired) electrons. The van der Waals surface area contributed by atoms with Crippen molar-refractivity contribution >= 4 is 25.2 Å². The molecule has 0 aromatic rings. The van der Waals surface area contributed by atoms with Gasteiger partial charge in [-0.3, -0.25) is 4.99 Å². The van der Waals surface area contributed by atoms with Crippen LogP contribution in [0.2, 0.25) is 0 Å². The number of aliphatic imine (C=N–C) groups is 1. The van der Waals surface area contributed by atoms with E-state index in [2.05, 4.69) is 25.8 Å². The Kier molecular flexibility index (Phi) is 8.17. The van der Waals surface area contributed by atoms with Gasteiger partial charge in [0.05, 0.1) is 0 Å². The highest BCUT2D eigenvalue weighted by Crippen LogP contribution is 2.25. The molecule has 6 heteroatoms. The second-order valence-electron chi connectivity index (χ2n) is 4.14. The summed E-state index contributed by atoms with van der Waals surface area (Å²) in [4.78, 5) is 4.53. The number of thioether (sulfide) groups is 1. The Hall–Kier alpha value is 0.117. The van der Waals surface area contributed by atoms with Crippen LogP contribution in [-0.2, 0) is 13.3 Å². The van der Waals surface area contributed by atoms with E-state index in [-0.39, 0.29) is 0 Å². The van der Waals surface area contributed by atoms with E-state index in [9.17, 15) is 0 Å². The Morgan fingerprint density at radius 1 is 1.00 bits per heavy atom. The van der Waals surface area contributed by atoms with Crippen molar-refractivity contribution in [3.05, 3.63) is 0 Å². The Morgan fingerprint density at radius 2 is 1.50 bits per heavy atom. The summed E-state index contributed by atoms with van der Waals surface area (Å²) in [5, 5.41) is 0. The summed E-state index contributed by atoms with van der Waals surface area (Å²) in [6, 6.07) is 0. The topological polar surface area (TPSA) is 40.0 Å². The fraction of sp³-hybridized carbons (Fsp3) is 0.917. The maximum Gasteiger partial charge on any atom is 0.562 e. The minimum Gasteiger partial charge on any atom is -0.369 e. The minimum absolute atomic E-state index is 0.680. The number of hydrogen-bond acceptors (Lipinski definition) is 5. The summed E-state index contributed by atoms with van der Waals surface area (Å²) < 4.78 is 19.0. The van der Waals surface area contributed by atoms with Crippen LogP contribution >= 0.6 is 11.8 Å². The van der Waals surface area contributed by atoms with Crippen molar-refractivity contribution < 1.29 is 13.3 Å². The van der Waals surface area contributed by atoms with Crippen molar-refractivity contribution in [3.63, 3.8) is 0 Å². The smallest absolute Gasteiger partial charge is 0.369 e. The van der Waals surface area contributed by atoms with Crippen molar-refractivity contribution in [1.82, 2.24) is 0 Å². The lowest BCUT2D eigenvalue weighted by molar-refractivity contribution is 0.0778. The quantitative estimate of drug-likeness (QED) is 0.580. The molecule has 0 aliphatic carbocycles. The molecule has 1 heterocycles. The molecule has 1 rings (SSSR count). The summed E-state index contributed by atoms with van der Waals surface area (Å²) in [7, 11) is -2.71. The van der Waals surface area contributed by atoms with Gasteiger partial charge in [0, 0.05) is 32.1 Å². The lowest BCUT2D eigenvalue weighted by atomic mass is 10.5. The molecule has 0 atom stereocenters. The Morgan fingerprint density at radius 3 is 1.83 bits per heavy atom. The Balaban J connectivity index is 2.76. The molecule has 1 aliphatic heterocycles. The van der Waals surface area contributed by atoms with Crippen molar-refractivity contribution in [3.8, 4) is 0 Å². The van der Waals surface area contributed by atoms with E-state index in [4.69, 9.17) is 13.3 Å². The molecule has 1 aliphatic rings. The summed E-state index contributed by atoms with van der Waals surface area (Å²) >= 11 is 1.74. The zero-order valence-corrected chi connectivity index (χ0v) is 13.6. The molecule has 0 saturated carbocycles. The molecule has 0 fully saturated rings. The van der Waals surface area contributed by atoms with Crippen molar-refractivity contribution in [2.45, 2.75) is 40.0 Å². The van der Waals surface area contributed by atoms with Crippen LogP contribution in [-0.4, -0.2) is 45.6 Å². The van der Waals surface area contributed by atoms with E-state index in [1.807, 2.05) is 0 Å². The third-order valence-electron chi connectivity index (χ3n) is 2.34. The number of nitrogens with zero attached hydrogens (tertiary/aromatic N) is 1. The molecule has 0 saturated heterocycles. The zero-order valence-electron chi connectivity index (χ0n) is 11.7. The summed E-state index contributed by atoms with van der Waals surface area (Å²) in [5.41, 5.74) is 0. The van der Waals surface area contributed by atoms with Crippen LogP contribution in [0.25, 0.3) is 0 Å². The first-order valence-corrected chi connectivity index (χ1v) is 9.59. The van der Waals surface area contributed by atoms with Crippen LogP contribution in [0.1, 0.15) is 40.0 Å². The molecular formula is C12H25NO3SSi. The van der Waals surface area contributed by atoms with Crippen LogP contribution in [0.15, 0.2) is 4.99 Å². The first-order chi connectivity index (χ1) is 8.79. The molecule has 4 nitrogen and oxygen atoms in total. The predicted octanol–water partition coefficient (Wildman–Crippen LogP) is 2.89. The highest BCUT2D eigenvalue weighted by atomic mass is 32.2. The van der Waals surface area contributed by atoms with E-state index in [1.54, 1.807) is 11.8 Å². The predicted molar refractivity (Wildman–Crippen MR) is 79.2 cm³/mol. The average Bonchev–Trinajstić information content (AvgIpc) is 2.93. The van der Waals surface area contributed by atoms with Gasteiger partial charge in [-0.15, -0.1) is 11.8 Å². The molecular weight excluding hydrogens is 266 g/mol. The molecule has 0 aromatic carbocycles. The van der Waals surface area contributed by atoms with Crippen LogP contribution in [0, 0.1) is 0 Å². The summed E-state index contributed by atoms with van der Waals surface area (Å²) in [5.74, 6) is 1.02. The van der Waals surface area contributed by atoms with E-state index in [1.165, 1.54) is 0 Å². The van der Waals surface area contributed by atoms with Crippen molar-refractivity contribution in [2.24, 2.45) is 4.99 Å². The zero-order chi connectivity index (χ0) is 13.3. The lowest BCUT2D eigenvalue weighted by Crippen LogP contribution is -2.53. The second kappa shape index (κ2) is 9.09. The van der Waals surface area contributed by atoms with Gasteiger partial charge in [-0.2, -0.15) is 0 Å². The van der Waals surface area contributed by atoms with Gasteiger partial charge in [-0.25, -0.2) is 0 Å². The molecule has 0 bridgehead atoms. The molecule has 0 N–H and O–H groups in total. The van der Waals surface area contributed by atoms with Crippen molar-refractivity contribution in [2.75, 3.05) is 32.1 Å². The van der Waals surface area contributed by atoms with Crippen LogP contribution in [0.3, 0.4) is 0 Å². The first kappa shape index (κ1) is 16.2. The van der Waals surface area contributed by atoms with E-state index in [0.717, 1.165) is 36.2 Å². The summed E-state index contributed by atoms with van der Waals surface area (Å²) in [6.07, 6.45) is 2.91. The minimum atomic E-state index is -2.71. The highest BCUT2D eigenvalue weighted by molar-refractivity contribution is 8.18. The largest absolute Gasteiger partial charge is 0.562 e. The van der Waals surface area contributed by atoms with Gasteiger partial charge in [-0.05, 0) is 19.3 Å². The Bertz CT molecular complexity index is 242. The molecule has 0 spiro atoms. The fourth-order valence-electron chi connectivity index (χ4n) is 1.54. The summed E-state index contributed by atoms with van der Waals surface area (Å²) in [6.45, 7) is 9.19. The van der Waals surface area contributed by atoms with Gasteiger partial charge in [0.2, 0.25) is 0 Å². The SMILES string of the molecule is CCCO[Si](OCCC)(OCCC)C1=NCCS1. The van der Waals surface area contributed by atoms with Gasteiger partial charge in [0.15, 0.2) is 0 Å². The van der Waals surface area contributed by atoms with Gasteiger partial charge in [0.1, 0.15) is 4.67 Å². The van der Waals surface area contributed by atoms with Crippen molar-refractivity contribution in [1.29, 1.82) is 0 Å². The van der Waals surface area contributed by atoms with Crippen LogP contribution in [0.4, 0.5) is 0 Å². The van der Waals surface area contributed by atoms with Crippen LogP contribution < -0.4 is 0 Å². The normalized spacial score (nSPS) is 16.1. The molecule has 0 unspecified atom stereocenters. The lowest BCUT2D eigenvalue weighted by Gasteiger charge is -2.28. The molecule has 18 heavy (non-hydrogen) atoms. The van der Waals surface area contributed by atoms with Gasteiger partial charge in [-0.1, -0.05) is 20.8 Å². The maximum absolute atomic E-state index is 6.01. The number of rotatable bonds is 10. The fourth-order valence-corrected chi connectivity index (χ4v) is 5.99.